The maximum absolute atomic E-state index is 14.1. The smallest absolute Gasteiger partial charge is 0.252 e. The first-order valence-electron chi connectivity index (χ1n) is 11.3. The molecule has 1 heterocycles. The summed E-state index contributed by atoms with van der Waals surface area (Å²) in [6.07, 6.45) is 0.512. The number of nitrogens with zero attached hydrogens (tertiary/aromatic N) is 3. The Labute approximate surface area is 213 Å². The van der Waals surface area contributed by atoms with Gasteiger partial charge < -0.3 is 19.4 Å². The fraction of sp³-hybridized carbons (Fsp3) is 0.222. The van der Waals surface area contributed by atoms with Gasteiger partial charge in [-0.2, -0.15) is 0 Å². The minimum atomic E-state index is -0.461. The Bertz CT molecular complexity index is 1310. The van der Waals surface area contributed by atoms with Crippen molar-refractivity contribution < 1.29 is 18.7 Å². The molecule has 0 radical (unpaired) electrons. The minimum absolute atomic E-state index is 0.254. The molecule has 0 bridgehead atoms. The largest absolute Gasteiger partial charge is 0.497 e. The molecule has 0 spiro atoms. The van der Waals surface area contributed by atoms with Crippen LogP contribution in [0.2, 0.25) is 0 Å². The van der Waals surface area contributed by atoms with Crippen LogP contribution < -0.4 is 14.8 Å². The van der Waals surface area contributed by atoms with Gasteiger partial charge in [0.2, 0.25) is 0 Å². The summed E-state index contributed by atoms with van der Waals surface area (Å²) in [6.45, 7) is 0. The highest BCUT2D eigenvalue weighted by molar-refractivity contribution is 7.98. The van der Waals surface area contributed by atoms with Crippen LogP contribution in [0.5, 0.6) is 11.5 Å². The summed E-state index contributed by atoms with van der Waals surface area (Å²) in [5, 5.41) is 12.4. The number of hydrogen-bond acceptors (Lipinski definition) is 6. The molecule has 4 aromatic rings. The second-order valence-electron chi connectivity index (χ2n) is 8.10. The Kier molecular flexibility index (Phi) is 8.22. The lowest BCUT2D eigenvalue weighted by molar-refractivity contribution is 0.0933. The van der Waals surface area contributed by atoms with E-state index >= 15 is 0 Å². The van der Waals surface area contributed by atoms with Gasteiger partial charge in [0.05, 0.1) is 20.3 Å². The van der Waals surface area contributed by atoms with Gasteiger partial charge in [0.25, 0.3) is 5.91 Å². The second-order valence-corrected chi connectivity index (χ2v) is 9.04. The van der Waals surface area contributed by atoms with Crippen molar-refractivity contribution in [1.82, 2.24) is 20.1 Å². The first-order valence-corrected chi connectivity index (χ1v) is 12.3. The van der Waals surface area contributed by atoms with Gasteiger partial charge in [0.1, 0.15) is 17.3 Å². The number of methoxy groups -OCH3 is 2. The molecule has 0 aliphatic carbocycles. The van der Waals surface area contributed by atoms with Gasteiger partial charge in [-0.1, -0.05) is 60.3 Å². The van der Waals surface area contributed by atoms with E-state index in [0.717, 1.165) is 5.56 Å². The number of thioether (sulfide) groups is 1. The van der Waals surface area contributed by atoms with Crippen molar-refractivity contribution in [2.75, 3.05) is 14.2 Å². The number of nitrogens with one attached hydrogen (secondary N) is 1. The van der Waals surface area contributed by atoms with E-state index in [4.69, 9.17) is 9.47 Å². The Morgan fingerprint density at radius 2 is 1.67 bits per heavy atom. The molecule has 1 N–H and O–H groups in total. The number of carbonyl (C=O) groups is 1. The lowest BCUT2D eigenvalue weighted by Gasteiger charge is -2.19. The van der Waals surface area contributed by atoms with E-state index in [1.807, 2.05) is 41.9 Å². The van der Waals surface area contributed by atoms with Crippen molar-refractivity contribution in [3.63, 3.8) is 0 Å². The normalized spacial score (nSPS) is 11.7. The number of hydrogen-bond donors (Lipinski definition) is 1. The highest BCUT2D eigenvalue weighted by Gasteiger charge is 2.24. The maximum atomic E-state index is 14.1. The van der Waals surface area contributed by atoms with Gasteiger partial charge in [-0.05, 0) is 35.7 Å². The first kappa shape index (κ1) is 25.2. The fourth-order valence-electron chi connectivity index (χ4n) is 3.75. The SMILES string of the molecule is COc1cc(OC)cc(C(=O)N[C@H](Cc2ccccc2)c2nnc(SCc3ccccc3F)n2C)c1. The molecular weight excluding hydrogens is 479 g/mol. The fourth-order valence-corrected chi connectivity index (χ4v) is 4.65. The Morgan fingerprint density at radius 1 is 1.00 bits per heavy atom. The Morgan fingerprint density at radius 3 is 2.33 bits per heavy atom. The zero-order chi connectivity index (χ0) is 25.5. The molecule has 0 unspecified atom stereocenters. The summed E-state index contributed by atoms with van der Waals surface area (Å²) in [4.78, 5) is 13.3. The van der Waals surface area contributed by atoms with Crippen molar-refractivity contribution in [3.05, 3.63) is 101 Å². The monoisotopic (exact) mass is 506 g/mol. The molecular formula is C27H27FN4O3S. The summed E-state index contributed by atoms with van der Waals surface area (Å²) >= 11 is 1.39. The first-order chi connectivity index (χ1) is 17.5. The Balaban J connectivity index is 1.59. The Hall–Kier alpha value is -3.85. The molecule has 0 aliphatic heterocycles. The highest BCUT2D eigenvalue weighted by atomic mass is 32.2. The van der Waals surface area contributed by atoms with Crippen LogP contribution in [0.15, 0.2) is 78.0 Å². The summed E-state index contributed by atoms with van der Waals surface area (Å²) in [5.41, 5.74) is 2.03. The van der Waals surface area contributed by atoms with E-state index < -0.39 is 6.04 Å². The van der Waals surface area contributed by atoms with Gasteiger partial charge in [-0.3, -0.25) is 4.79 Å². The lowest BCUT2D eigenvalue weighted by Crippen LogP contribution is -2.32. The zero-order valence-corrected chi connectivity index (χ0v) is 21.1. The number of aromatic nitrogens is 3. The van der Waals surface area contributed by atoms with Crippen LogP contribution in [0.25, 0.3) is 0 Å². The van der Waals surface area contributed by atoms with Gasteiger partial charge in [-0.25, -0.2) is 4.39 Å². The molecule has 7 nitrogen and oxygen atoms in total. The average molecular weight is 507 g/mol. The topological polar surface area (TPSA) is 78.3 Å². The molecule has 36 heavy (non-hydrogen) atoms. The van der Waals surface area contributed by atoms with Crippen molar-refractivity contribution >= 4 is 17.7 Å². The number of ether oxygens (including phenoxy) is 2. The van der Waals surface area contributed by atoms with E-state index in [1.165, 1.54) is 32.0 Å². The van der Waals surface area contributed by atoms with E-state index in [2.05, 4.69) is 15.5 Å². The average Bonchev–Trinajstić information content (AvgIpc) is 3.27. The third kappa shape index (κ3) is 6.04. The molecule has 1 atom stereocenters. The molecule has 186 valence electrons. The second kappa shape index (κ2) is 11.7. The predicted molar refractivity (Wildman–Crippen MR) is 137 cm³/mol. The van der Waals surface area contributed by atoms with Gasteiger partial charge in [-0.15, -0.1) is 10.2 Å². The lowest BCUT2D eigenvalue weighted by atomic mass is 10.0. The number of carbonyl (C=O) groups excluding carboxylic acids is 1. The van der Waals surface area contributed by atoms with Crippen LogP contribution in [0.3, 0.4) is 0 Å². The number of benzene rings is 3. The quantitative estimate of drug-likeness (QED) is 0.306. The molecule has 1 aromatic heterocycles. The predicted octanol–water partition coefficient (Wildman–Crippen LogP) is 4.98. The molecule has 9 heteroatoms. The standard InChI is InChI=1S/C27H27FN4O3S/c1-32-25(30-31-27(32)36-17-19-11-7-8-12-23(19)28)24(13-18-9-5-4-6-10-18)29-26(33)20-14-21(34-2)16-22(15-20)35-3/h4-12,14-16,24H,13,17H2,1-3H3,(H,29,33)/t24-/m1/s1. The van der Waals surface area contributed by atoms with Crippen molar-refractivity contribution in [1.29, 1.82) is 0 Å². The third-order valence-corrected chi connectivity index (χ3v) is 6.77. The van der Waals surface area contributed by atoms with E-state index in [1.54, 1.807) is 36.4 Å². The molecule has 1 amide bonds. The summed E-state index contributed by atoms with van der Waals surface area (Å²) in [6, 6.07) is 21.1. The summed E-state index contributed by atoms with van der Waals surface area (Å²) in [7, 11) is 4.92. The molecule has 0 saturated carbocycles. The molecule has 4 rings (SSSR count). The van der Waals surface area contributed by atoms with Crippen LogP contribution in [0.1, 0.15) is 33.4 Å². The van der Waals surface area contributed by atoms with Crippen molar-refractivity contribution in [2.24, 2.45) is 7.05 Å². The van der Waals surface area contributed by atoms with Crippen LogP contribution in [-0.4, -0.2) is 34.9 Å². The van der Waals surface area contributed by atoms with Crippen LogP contribution in [0.4, 0.5) is 4.39 Å². The number of rotatable bonds is 10. The molecule has 3 aromatic carbocycles. The summed E-state index contributed by atoms with van der Waals surface area (Å²) in [5.74, 6) is 1.50. The van der Waals surface area contributed by atoms with Crippen molar-refractivity contribution in [3.8, 4) is 11.5 Å². The zero-order valence-electron chi connectivity index (χ0n) is 20.3. The van der Waals surface area contributed by atoms with Crippen LogP contribution >= 0.6 is 11.8 Å². The summed E-state index contributed by atoms with van der Waals surface area (Å²) < 4.78 is 26.5. The number of halogens is 1. The molecule has 0 saturated heterocycles. The van der Waals surface area contributed by atoms with Crippen LogP contribution in [0, 0.1) is 5.82 Å². The van der Waals surface area contributed by atoms with Crippen molar-refractivity contribution in [2.45, 2.75) is 23.4 Å². The van der Waals surface area contributed by atoms with Crippen LogP contribution in [-0.2, 0) is 19.2 Å². The molecule has 0 fully saturated rings. The van der Waals surface area contributed by atoms with E-state index in [-0.39, 0.29) is 11.7 Å². The minimum Gasteiger partial charge on any atom is -0.497 e. The number of amides is 1. The highest BCUT2D eigenvalue weighted by Crippen LogP contribution is 2.27. The van der Waals surface area contributed by atoms with Gasteiger partial charge in [0.15, 0.2) is 11.0 Å². The molecule has 0 aliphatic rings. The van der Waals surface area contributed by atoms with Gasteiger partial charge in [0, 0.05) is 24.4 Å². The van der Waals surface area contributed by atoms with E-state index in [0.29, 0.717) is 45.8 Å². The van der Waals surface area contributed by atoms with Gasteiger partial charge >= 0.3 is 0 Å². The van der Waals surface area contributed by atoms with E-state index in [9.17, 15) is 9.18 Å². The third-order valence-electron chi connectivity index (χ3n) is 5.70. The maximum Gasteiger partial charge on any atom is 0.252 e.